The van der Waals surface area contributed by atoms with Gasteiger partial charge in [0.1, 0.15) is 0 Å². The maximum atomic E-state index is 5.56. The normalized spacial score (nSPS) is 27.2. The lowest BCUT2D eigenvalue weighted by Gasteiger charge is -2.54. The van der Waals surface area contributed by atoms with Crippen molar-refractivity contribution in [2.24, 2.45) is 0 Å². The molecule has 0 bridgehead atoms. The van der Waals surface area contributed by atoms with Crippen molar-refractivity contribution in [3.63, 3.8) is 0 Å². The van der Waals surface area contributed by atoms with Crippen LogP contribution in [0.15, 0.2) is 0 Å². The van der Waals surface area contributed by atoms with Gasteiger partial charge in [-0.05, 0) is 54.6 Å². The summed E-state index contributed by atoms with van der Waals surface area (Å²) in [5.74, 6) is 0. The molecule has 1 fully saturated rings. The lowest BCUT2D eigenvalue weighted by molar-refractivity contribution is -0.271. The molecule has 0 N–H and O–H groups in total. The van der Waals surface area contributed by atoms with Crippen molar-refractivity contribution >= 4 is 0 Å². The summed E-state index contributed by atoms with van der Waals surface area (Å²) in [6, 6.07) is 0.640. The molecule has 0 amide bonds. The number of hydroxylamine groups is 2. The molecular weight excluding hydrogens is 188 g/mol. The van der Waals surface area contributed by atoms with E-state index in [0.717, 1.165) is 12.8 Å². The highest BCUT2D eigenvalue weighted by molar-refractivity contribution is 4.98. The first-order valence-corrected chi connectivity index (χ1v) is 5.71. The standard InChI is InChI=1S/C12H26N2O/c1-11(2)8-10(13(5)6)9-12(3,4)14(11)15-7/h10H,8-9H2,1-7H3. The Morgan fingerprint density at radius 3 is 1.73 bits per heavy atom. The van der Waals surface area contributed by atoms with Crippen LogP contribution < -0.4 is 0 Å². The van der Waals surface area contributed by atoms with Crippen molar-refractivity contribution in [1.29, 1.82) is 0 Å². The Hall–Kier alpha value is -0.120. The van der Waals surface area contributed by atoms with E-state index in [-0.39, 0.29) is 11.1 Å². The first kappa shape index (κ1) is 12.9. The predicted molar refractivity (Wildman–Crippen MR) is 63.7 cm³/mol. The summed E-state index contributed by atoms with van der Waals surface area (Å²) in [5, 5.41) is 2.15. The van der Waals surface area contributed by atoms with Gasteiger partial charge in [-0.2, -0.15) is 5.06 Å². The van der Waals surface area contributed by atoms with Crippen molar-refractivity contribution in [1.82, 2.24) is 9.96 Å². The molecule has 1 heterocycles. The van der Waals surface area contributed by atoms with E-state index in [1.165, 1.54) is 0 Å². The smallest absolute Gasteiger partial charge is 0.0575 e. The summed E-state index contributed by atoms with van der Waals surface area (Å²) in [6.07, 6.45) is 2.30. The Morgan fingerprint density at radius 2 is 1.47 bits per heavy atom. The number of nitrogens with zero attached hydrogens (tertiary/aromatic N) is 2. The van der Waals surface area contributed by atoms with Crippen molar-refractivity contribution < 1.29 is 4.84 Å². The maximum Gasteiger partial charge on any atom is 0.0575 e. The first-order chi connectivity index (χ1) is 6.70. The van der Waals surface area contributed by atoms with Gasteiger partial charge < -0.3 is 9.74 Å². The molecule has 0 aliphatic carbocycles. The zero-order chi connectivity index (χ0) is 11.9. The molecular formula is C12H26N2O. The molecule has 1 aliphatic rings. The molecule has 3 nitrogen and oxygen atoms in total. The molecule has 0 spiro atoms. The Balaban J connectivity index is 2.90. The van der Waals surface area contributed by atoms with Crippen molar-refractivity contribution in [3.05, 3.63) is 0 Å². The second kappa shape index (κ2) is 4.04. The first-order valence-electron chi connectivity index (χ1n) is 5.71. The molecule has 0 aromatic carbocycles. The molecule has 1 rings (SSSR count). The highest BCUT2D eigenvalue weighted by Crippen LogP contribution is 2.39. The monoisotopic (exact) mass is 214 g/mol. The minimum absolute atomic E-state index is 0.103. The minimum atomic E-state index is 0.103. The van der Waals surface area contributed by atoms with Crippen LogP contribution in [0, 0.1) is 0 Å². The van der Waals surface area contributed by atoms with Gasteiger partial charge in [-0.15, -0.1) is 0 Å². The van der Waals surface area contributed by atoms with E-state index >= 15 is 0 Å². The van der Waals surface area contributed by atoms with E-state index < -0.39 is 0 Å². The summed E-state index contributed by atoms with van der Waals surface area (Å²) in [7, 11) is 6.11. The fourth-order valence-corrected chi connectivity index (χ4v) is 3.07. The van der Waals surface area contributed by atoms with E-state index in [1.807, 2.05) is 0 Å². The van der Waals surface area contributed by atoms with Crippen molar-refractivity contribution in [2.45, 2.75) is 57.7 Å². The van der Waals surface area contributed by atoms with Gasteiger partial charge in [0.15, 0.2) is 0 Å². The SMILES string of the molecule is CON1C(C)(C)CC(N(C)C)CC1(C)C. The number of rotatable bonds is 2. The van der Waals surface area contributed by atoms with E-state index in [2.05, 4.69) is 51.8 Å². The van der Waals surface area contributed by atoms with Crippen molar-refractivity contribution in [2.75, 3.05) is 21.2 Å². The molecule has 0 aromatic heterocycles. The quantitative estimate of drug-likeness (QED) is 0.700. The largest absolute Gasteiger partial charge is 0.306 e. The molecule has 0 radical (unpaired) electrons. The molecule has 0 atom stereocenters. The Kier molecular flexibility index (Phi) is 3.49. The number of hydrogen-bond acceptors (Lipinski definition) is 3. The van der Waals surface area contributed by atoms with Gasteiger partial charge in [0, 0.05) is 17.1 Å². The number of piperidine rings is 1. The van der Waals surface area contributed by atoms with Gasteiger partial charge in [0.05, 0.1) is 7.11 Å². The number of hydrogen-bond donors (Lipinski definition) is 0. The fraction of sp³-hybridized carbons (Fsp3) is 1.00. The van der Waals surface area contributed by atoms with Crippen molar-refractivity contribution in [3.8, 4) is 0 Å². The average Bonchev–Trinajstić information content (AvgIpc) is 1.99. The van der Waals surface area contributed by atoms with E-state index in [9.17, 15) is 0 Å². The van der Waals surface area contributed by atoms with Gasteiger partial charge in [-0.25, -0.2) is 0 Å². The summed E-state index contributed by atoms with van der Waals surface area (Å²) in [5.41, 5.74) is 0.205. The predicted octanol–water partition coefficient (Wildman–Crippen LogP) is 2.13. The highest BCUT2D eigenvalue weighted by atomic mass is 16.7. The van der Waals surface area contributed by atoms with Crippen LogP contribution in [0.2, 0.25) is 0 Å². The Morgan fingerprint density at radius 1 is 1.07 bits per heavy atom. The van der Waals surface area contributed by atoms with Crippen LogP contribution >= 0.6 is 0 Å². The van der Waals surface area contributed by atoms with Gasteiger partial charge in [-0.1, -0.05) is 0 Å². The third-order valence-corrected chi connectivity index (χ3v) is 3.48. The minimum Gasteiger partial charge on any atom is -0.306 e. The lowest BCUT2D eigenvalue weighted by atomic mass is 9.78. The van der Waals surface area contributed by atoms with Gasteiger partial charge in [0.2, 0.25) is 0 Å². The molecule has 3 heteroatoms. The zero-order valence-electron chi connectivity index (χ0n) is 11.3. The molecule has 0 aromatic rings. The van der Waals surface area contributed by atoms with Crippen LogP contribution in [0.5, 0.6) is 0 Å². The molecule has 0 saturated carbocycles. The lowest BCUT2D eigenvalue weighted by Crippen LogP contribution is -2.63. The summed E-state index contributed by atoms with van der Waals surface area (Å²) < 4.78 is 0. The van der Waals surface area contributed by atoms with Gasteiger partial charge in [-0.3, -0.25) is 0 Å². The third-order valence-electron chi connectivity index (χ3n) is 3.48. The fourth-order valence-electron chi connectivity index (χ4n) is 3.07. The molecule has 90 valence electrons. The summed E-state index contributed by atoms with van der Waals surface area (Å²) in [4.78, 5) is 7.89. The summed E-state index contributed by atoms with van der Waals surface area (Å²) in [6.45, 7) is 9.03. The van der Waals surface area contributed by atoms with E-state index in [4.69, 9.17) is 4.84 Å². The third kappa shape index (κ3) is 2.52. The molecule has 15 heavy (non-hydrogen) atoms. The van der Waals surface area contributed by atoms with Gasteiger partial charge in [0.25, 0.3) is 0 Å². The van der Waals surface area contributed by atoms with Crippen LogP contribution in [-0.2, 0) is 4.84 Å². The molecule has 1 aliphatic heterocycles. The second-order valence-electron chi connectivity index (χ2n) is 6.13. The molecule has 0 unspecified atom stereocenters. The van der Waals surface area contributed by atoms with E-state index in [0.29, 0.717) is 6.04 Å². The second-order valence-corrected chi connectivity index (χ2v) is 6.13. The van der Waals surface area contributed by atoms with Crippen LogP contribution in [-0.4, -0.2) is 48.3 Å². The Labute approximate surface area is 94.3 Å². The van der Waals surface area contributed by atoms with E-state index in [1.54, 1.807) is 7.11 Å². The van der Waals surface area contributed by atoms with Crippen LogP contribution in [0.1, 0.15) is 40.5 Å². The van der Waals surface area contributed by atoms with Crippen LogP contribution in [0.4, 0.5) is 0 Å². The average molecular weight is 214 g/mol. The summed E-state index contributed by atoms with van der Waals surface area (Å²) >= 11 is 0. The molecule has 1 saturated heterocycles. The van der Waals surface area contributed by atoms with Crippen LogP contribution in [0.25, 0.3) is 0 Å². The zero-order valence-corrected chi connectivity index (χ0v) is 11.3. The van der Waals surface area contributed by atoms with Crippen LogP contribution in [0.3, 0.4) is 0 Å². The highest BCUT2D eigenvalue weighted by Gasteiger charge is 2.46. The van der Waals surface area contributed by atoms with Gasteiger partial charge >= 0.3 is 0 Å². The maximum absolute atomic E-state index is 5.56. The Bertz CT molecular complexity index is 206. The topological polar surface area (TPSA) is 15.7 Å².